The van der Waals surface area contributed by atoms with Gasteiger partial charge in [-0.15, -0.1) is 0 Å². The number of nitrogens with one attached hydrogen (secondary N) is 2. The number of H-pyrrole nitrogens is 2. The minimum atomic E-state index is -0.459. The molecule has 7 heteroatoms. The fraction of sp³-hybridized carbons (Fsp3) is 0. The summed E-state index contributed by atoms with van der Waals surface area (Å²) < 4.78 is 0. The summed E-state index contributed by atoms with van der Waals surface area (Å²) in [5.74, 6) is 0.0775. The van der Waals surface area contributed by atoms with E-state index in [2.05, 4.69) is 20.4 Å². The van der Waals surface area contributed by atoms with Crippen molar-refractivity contribution < 1.29 is 4.79 Å². The second-order valence-corrected chi connectivity index (χ2v) is 2.35. The second-order valence-electron chi connectivity index (χ2n) is 2.35. The first-order valence-corrected chi connectivity index (χ1v) is 3.74. The molecular weight excluding hydrogens is 184 g/mol. The molecule has 74 valence electrons. The number of hydrogen-bond donors (Lipinski definition) is 4. The van der Waals surface area contributed by atoms with E-state index < -0.39 is 5.91 Å². The van der Waals surface area contributed by atoms with Crippen LogP contribution in [-0.2, 0) is 0 Å². The van der Waals surface area contributed by atoms with Crippen molar-refractivity contribution in [2.75, 3.05) is 5.73 Å². The zero-order chi connectivity index (χ0) is 10.4. The first-order chi connectivity index (χ1) is 6.70. The van der Waals surface area contributed by atoms with Gasteiger partial charge in [-0.3, -0.25) is 15.0 Å². The van der Waals surface area contributed by atoms with E-state index in [1.54, 1.807) is 12.3 Å². The Labute approximate surface area is 79.5 Å². The lowest BCUT2D eigenvalue weighted by Crippen LogP contribution is -2.09. The second kappa shape index (κ2) is 4.65. The highest BCUT2D eigenvalue weighted by atomic mass is 16.1. The minimum absolute atomic E-state index is 0.407. The lowest BCUT2D eigenvalue weighted by Gasteiger charge is -1.78. The maximum Gasteiger partial charge on any atom is 0.251 e. The molecule has 0 bridgehead atoms. The van der Waals surface area contributed by atoms with Crippen LogP contribution in [0.3, 0.4) is 0 Å². The Kier molecular flexibility index (Phi) is 3.25. The van der Waals surface area contributed by atoms with Crippen molar-refractivity contribution in [3.63, 3.8) is 0 Å². The van der Waals surface area contributed by atoms with Gasteiger partial charge in [0.05, 0.1) is 11.8 Å². The summed E-state index contributed by atoms with van der Waals surface area (Å²) in [6.07, 6.45) is 4.50. The maximum atomic E-state index is 10.2. The number of nitrogens with two attached hydrogens (primary N) is 2. The van der Waals surface area contributed by atoms with Gasteiger partial charge in [-0.1, -0.05) is 0 Å². The van der Waals surface area contributed by atoms with Crippen LogP contribution in [0, 0.1) is 0 Å². The Bertz CT molecular complexity index is 365. The van der Waals surface area contributed by atoms with Gasteiger partial charge < -0.3 is 11.5 Å². The molecule has 7 nitrogen and oxygen atoms in total. The molecule has 6 N–H and O–H groups in total. The van der Waals surface area contributed by atoms with Crippen molar-refractivity contribution in [3.05, 3.63) is 30.2 Å². The molecular formula is C7H10N6O. The summed E-state index contributed by atoms with van der Waals surface area (Å²) in [7, 11) is 0. The Hall–Kier alpha value is -2.31. The number of rotatable bonds is 1. The van der Waals surface area contributed by atoms with E-state index >= 15 is 0 Å². The number of amides is 1. The molecule has 0 saturated heterocycles. The number of anilines is 1. The number of nitrogen functional groups attached to an aromatic ring is 1. The van der Waals surface area contributed by atoms with Gasteiger partial charge in [-0.05, 0) is 6.07 Å². The largest absolute Gasteiger partial charge is 0.382 e. The fourth-order valence-electron chi connectivity index (χ4n) is 0.657. The molecule has 2 aromatic rings. The smallest absolute Gasteiger partial charge is 0.251 e. The van der Waals surface area contributed by atoms with Gasteiger partial charge in [0.2, 0.25) is 0 Å². The molecule has 2 aromatic heterocycles. The molecule has 1 amide bonds. The van der Waals surface area contributed by atoms with E-state index in [1.807, 2.05) is 0 Å². The highest BCUT2D eigenvalue weighted by Gasteiger charge is 1.96. The summed E-state index contributed by atoms with van der Waals surface area (Å²) in [4.78, 5) is 10.2. The van der Waals surface area contributed by atoms with Gasteiger partial charge >= 0.3 is 0 Å². The first-order valence-electron chi connectivity index (χ1n) is 3.74. The molecule has 0 atom stereocenters. The molecule has 2 rings (SSSR count). The minimum Gasteiger partial charge on any atom is -0.382 e. The van der Waals surface area contributed by atoms with Crippen molar-refractivity contribution in [1.29, 1.82) is 0 Å². The summed E-state index contributed by atoms with van der Waals surface area (Å²) in [5, 5.41) is 12.1. The van der Waals surface area contributed by atoms with Crippen LogP contribution >= 0.6 is 0 Å². The number of aromatic amines is 2. The van der Waals surface area contributed by atoms with Crippen LogP contribution in [-0.4, -0.2) is 26.3 Å². The molecule has 0 saturated carbocycles. The molecule has 0 aromatic carbocycles. The van der Waals surface area contributed by atoms with Crippen LogP contribution in [0.5, 0.6) is 0 Å². The normalized spacial score (nSPS) is 8.86. The third-order valence-electron chi connectivity index (χ3n) is 1.31. The summed E-state index contributed by atoms with van der Waals surface area (Å²) >= 11 is 0. The van der Waals surface area contributed by atoms with E-state index in [4.69, 9.17) is 11.5 Å². The molecule has 0 aliphatic rings. The van der Waals surface area contributed by atoms with Crippen molar-refractivity contribution in [2.45, 2.75) is 0 Å². The Morgan fingerprint density at radius 2 is 2.21 bits per heavy atom. The Morgan fingerprint density at radius 3 is 2.43 bits per heavy atom. The van der Waals surface area contributed by atoms with Gasteiger partial charge in [-0.25, -0.2) is 0 Å². The van der Waals surface area contributed by atoms with Crippen LogP contribution < -0.4 is 11.5 Å². The zero-order valence-corrected chi connectivity index (χ0v) is 7.27. The molecule has 0 spiro atoms. The van der Waals surface area contributed by atoms with Crippen LogP contribution in [0.4, 0.5) is 5.82 Å². The van der Waals surface area contributed by atoms with Crippen LogP contribution in [0.15, 0.2) is 24.7 Å². The third kappa shape index (κ3) is 2.97. The van der Waals surface area contributed by atoms with Gasteiger partial charge in [0.15, 0.2) is 0 Å². The van der Waals surface area contributed by atoms with Gasteiger partial charge in [0.1, 0.15) is 5.82 Å². The van der Waals surface area contributed by atoms with E-state index in [9.17, 15) is 4.79 Å². The quantitative estimate of drug-likeness (QED) is 0.488. The zero-order valence-electron chi connectivity index (χ0n) is 7.27. The number of nitrogens with zero attached hydrogens (tertiary/aromatic N) is 2. The maximum absolute atomic E-state index is 10.2. The topological polar surface area (TPSA) is 126 Å². The standard InChI is InChI=1S/C4H5N3O.C3H5N3/c5-4(8)3-1-6-7-2-3;4-3-1-2-5-6-3/h1-2H,(H2,5,8)(H,6,7);1-2H,(H3,4,5,6). The summed E-state index contributed by atoms with van der Waals surface area (Å²) in [5.41, 5.74) is 10.4. The molecule has 0 aliphatic heterocycles. The molecule has 2 heterocycles. The van der Waals surface area contributed by atoms with Crippen molar-refractivity contribution >= 4 is 11.7 Å². The predicted octanol–water partition coefficient (Wildman–Crippen LogP) is -0.500. The van der Waals surface area contributed by atoms with Crippen molar-refractivity contribution in [1.82, 2.24) is 20.4 Å². The number of carbonyl (C=O) groups is 1. The SMILES string of the molecule is NC(=O)c1cn[nH]c1.Nc1cc[nH]n1. The first kappa shape index (κ1) is 9.78. The average Bonchev–Trinajstić information content (AvgIpc) is 2.75. The molecule has 0 radical (unpaired) electrons. The predicted molar refractivity (Wildman–Crippen MR) is 50.1 cm³/mol. The lowest BCUT2D eigenvalue weighted by atomic mass is 10.4. The highest BCUT2D eigenvalue weighted by molar-refractivity contribution is 5.92. The third-order valence-corrected chi connectivity index (χ3v) is 1.31. The summed E-state index contributed by atoms with van der Waals surface area (Å²) in [6, 6.07) is 1.69. The molecule has 14 heavy (non-hydrogen) atoms. The van der Waals surface area contributed by atoms with Gasteiger partial charge in [0, 0.05) is 12.4 Å². The Morgan fingerprint density at radius 1 is 1.43 bits per heavy atom. The van der Waals surface area contributed by atoms with E-state index in [0.717, 1.165) is 0 Å². The highest BCUT2D eigenvalue weighted by Crippen LogP contribution is 1.88. The monoisotopic (exact) mass is 194 g/mol. The lowest BCUT2D eigenvalue weighted by molar-refractivity contribution is 0.100. The number of aromatic nitrogens is 4. The molecule has 0 fully saturated rings. The average molecular weight is 194 g/mol. The van der Waals surface area contributed by atoms with E-state index in [1.165, 1.54) is 12.4 Å². The van der Waals surface area contributed by atoms with Crippen LogP contribution in [0.1, 0.15) is 10.4 Å². The van der Waals surface area contributed by atoms with E-state index in [-0.39, 0.29) is 0 Å². The van der Waals surface area contributed by atoms with Crippen LogP contribution in [0.25, 0.3) is 0 Å². The fourth-order valence-corrected chi connectivity index (χ4v) is 0.657. The molecule has 0 unspecified atom stereocenters. The van der Waals surface area contributed by atoms with E-state index in [0.29, 0.717) is 11.4 Å². The van der Waals surface area contributed by atoms with Crippen molar-refractivity contribution in [2.24, 2.45) is 5.73 Å². The number of primary amides is 1. The van der Waals surface area contributed by atoms with Gasteiger partial charge in [-0.2, -0.15) is 10.2 Å². The molecule has 0 aliphatic carbocycles. The Balaban J connectivity index is 0.000000146. The van der Waals surface area contributed by atoms with Crippen molar-refractivity contribution in [3.8, 4) is 0 Å². The summed E-state index contributed by atoms with van der Waals surface area (Å²) in [6.45, 7) is 0. The number of carbonyl (C=O) groups excluding carboxylic acids is 1. The van der Waals surface area contributed by atoms with Crippen LogP contribution in [0.2, 0.25) is 0 Å². The number of hydrogen-bond acceptors (Lipinski definition) is 4. The van der Waals surface area contributed by atoms with Gasteiger partial charge in [0.25, 0.3) is 5.91 Å².